The van der Waals surface area contributed by atoms with Gasteiger partial charge in [-0.15, -0.1) is 11.8 Å². The lowest BCUT2D eigenvalue weighted by Gasteiger charge is -2.29. The van der Waals surface area contributed by atoms with Gasteiger partial charge in [0, 0.05) is 11.8 Å². The smallest absolute Gasteiger partial charge is 0.407 e. The minimum absolute atomic E-state index is 0.208. The molecule has 0 saturated carbocycles. The predicted octanol–water partition coefficient (Wildman–Crippen LogP) is 3.65. The summed E-state index contributed by atoms with van der Waals surface area (Å²) in [6.45, 7) is 8.19. The monoisotopic (exact) mass is 529 g/mol. The quantitative estimate of drug-likeness (QED) is 0.323. The van der Waals surface area contributed by atoms with E-state index in [4.69, 9.17) is 4.74 Å². The van der Waals surface area contributed by atoms with Crippen LogP contribution < -0.4 is 10.6 Å². The third kappa shape index (κ3) is 10.9. The first-order valence-corrected chi connectivity index (χ1v) is 13.6. The van der Waals surface area contributed by atoms with Crippen molar-refractivity contribution in [2.45, 2.75) is 64.5 Å². The first-order chi connectivity index (χ1) is 17.7. The highest BCUT2D eigenvalue weighted by Gasteiger charge is 2.32. The van der Waals surface area contributed by atoms with E-state index in [0.717, 1.165) is 16.7 Å². The summed E-state index contributed by atoms with van der Waals surface area (Å²) in [5, 5.41) is 16.8. The van der Waals surface area contributed by atoms with Crippen LogP contribution in [0.4, 0.5) is 4.79 Å². The molecule has 9 heteroatoms. The van der Waals surface area contributed by atoms with E-state index in [2.05, 4.69) is 10.6 Å². The fraction of sp³-hybridized carbons (Fsp3) is 0.464. The number of hydrogen-bond donors (Lipinski definition) is 3. The van der Waals surface area contributed by atoms with Crippen LogP contribution in [0.15, 0.2) is 54.6 Å². The summed E-state index contributed by atoms with van der Waals surface area (Å²) in [6.07, 6.45) is -1.39. The van der Waals surface area contributed by atoms with Crippen molar-refractivity contribution in [2.24, 2.45) is 0 Å². The lowest BCUT2D eigenvalue weighted by atomic mass is 10.0. The van der Waals surface area contributed by atoms with Gasteiger partial charge in [0.05, 0.1) is 18.5 Å². The molecule has 0 aliphatic rings. The van der Waals surface area contributed by atoms with Crippen LogP contribution in [0.25, 0.3) is 0 Å². The largest absolute Gasteiger partial charge is 0.450 e. The highest BCUT2D eigenvalue weighted by molar-refractivity contribution is 7.99. The van der Waals surface area contributed by atoms with Gasteiger partial charge in [-0.05, 0) is 36.5 Å². The summed E-state index contributed by atoms with van der Waals surface area (Å²) in [7, 11) is 0. The number of hydrogen-bond acceptors (Lipinski definition) is 6. The third-order valence-electron chi connectivity index (χ3n) is 5.62. The van der Waals surface area contributed by atoms with Crippen LogP contribution in [-0.2, 0) is 27.3 Å². The maximum Gasteiger partial charge on any atom is 0.407 e. The number of alkyl carbamates (subject to hydrolysis) is 1. The average Bonchev–Trinajstić information content (AvgIpc) is 2.88. The van der Waals surface area contributed by atoms with Gasteiger partial charge in [-0.3, -0.25) is 9.59 Å². The fourth-order valence-corrected chi connectivity index (χ4v) is 4.21. The van der Waals surface area contributed by atoms with Crippen molar-refractivity contribution >= 4 is 29.7 Å². The zero-order chi connectivity index (χ0) is 27.2. The summed E-state index contributed by atoms with van der Waals surface area (Å²) in [5.74, 6) is -0.733. The lowest BCUT2D eigenvalue weighted by molar-refractivity contribution is -0.143. The van der Waals surface area contributed by atoms with Gasteiger partial charge in [0.1, 0.15) is 6.54 Å². The topological polar surface area (TPSA) is 108 Å². The molecule has 0 bridgehead atoms. The SMILES string of the molecule is CCCOC(=O)N[C@@H](Cc1ccccc1)[C@H](O)C(=O)N(CSC(C)C)CC(=O)NCc1ccccc1C. The number of thioether (sulfide) groups is 1. The fourth-order valence-electron chi connectivity index (χ4n) is 3.51. The number of nitrogens with one attached hydrogen (secondary N) is 2. The molecule has 2 atom stereocenters. The number of amides is 3. The van der Waals surface area contributed by atoms with E-state index in [0.29, 0.717) is 13.0 Å². The van der Waals surface area contributed by atoms with Crippen molar-refractivity contribution in [2.75, 3.05) is 19.0 Å². The van der Waals surface area contributed by atoms with Crippen LogP contribution in [0.2, 0.25) is 0 Å². The molecule has 0 saturated heterocycles. The number of rotatable bonds is 14. The van der Waals surface area contributed by atoms with Gasteiger partial charge in [0.25, 0.3) is 5.91 Å². The summed E-state index contributed by atoms with van der Waals surface area (Å²) in [6, 6.07) is 16.1. The Labute approximate surface area is 224 Å². The zero-order valence-electron chi connectivity index (χ0n) is 22.1. The molecule has 0 heterocycles. The molecule has 3 amide bonds. The summed E-state index contributed by atoms with van der Waals surface area (Å²) >= 11 is 1.49. The molecule has 0 unspecified atom stereocenters. The molecule has 0 aliphatic heterocycles. The third-order valence-corrected chi connectivity index (χ3v) is 6.75. The Morgan fingerprint density at radius 1 is 1.05 bits per heavy atom. The number of aryl methyl sites for hydroxylation is 1. The molecule has 0 radical (unpaired) electrons. The van der Waals surface area contributed by atoms with Crippen molar-refractivity contribution in [3.8, 4) is 0 Å². The molecule has 2 aromatic rings. The van der Waals surface area contributed by atoms with E-state index < -0.39 is 24.1 Å². The maximum absolute atomic E-state index is 13.4. The number of carbonyl (C=O) groups is 3. The molecule has 37 heavy (non-hydrogen) atoms. The molecule has 0 spiro atoms. The van der Waals surface area contributed by atoms with Crippen molar-refractivity contribution in [3.05, 3.63) is 71.3 Å². The van der Waals surface area contributed by atoms with Crippen molar-refractivity contribution < 1.29 is 24.2 Å². The molecular formula is C28H39N3O5S. The van der Waals surface area contributed by atoms with E-state index in [1.807, 2.05) is 82.3 Å². The van der Waals surface area contributed by atoms with E-state index in [9.17, 15) is 19.5 Å². The number of aliphatic hydroxyl groups is 1. The van der Waals surface area contributed by atoms with Crippen LogP contribution in [0.1, 0.15) is 43.9 Å². The van der Waals surface area contributed by atoms with Gasteiger partial charge >= 0.3 is 6.09 Å². The number of aliphatic hydroxyl groups excluding tert-OH is 1. The Bertz CT molecular complexity index is 1000. The molecule has 8 nitrogen and oxygen atoms in total. The molecule has 2 rings (SSSR count). The summed E-state index contributed by atoms with van der Waals surface area (Å²) < 4.78 is 5.12. The lowest BCUT2D eigenvalue weighted by Crippen LogP contribution is -2.54. The van der Waals surface area contributed by atoms with Gasteiger partial charge in [0.2, 0.25) is 5.91 Å². The van der Waals surface area contributed by atoms with Crippen LogP contribution in [0.3, 0.4) is 0 Å². The van der Waals surface area contributed by atoms with Gasteiger partial charge < -0.3 is 25.4 Å². The minimum Gasteiger partial charge on any atom is -0.450 e. The molecule has 202 valence electrons. The van der Waals surface area contributed by atoms with Gasteiger partial charge in [-0.1, -0.05) is 75.4 Å². The molecule has 3 N–H and O–H groups in total. The van der Waals surface area contributed by atoms with Crippen molar-refractivity contribution in [3.63, 3.8) is 0 Å². The predicted molar refractivity (Wildman–Crippen MR) is 147 cm³/mol. The second-order valence-corrected chi connectivity index (χ2v) is 10.6. The van der Waals surface area contributed by atoms with Crippen molar-refractivity contribution in [1.29, 1.82) is 0 Å². The Hall–Kier alpha value is -3.04. The Kier molecular flexibility index (Phi) is 13.0. The van der Waals surface area contributed by atoms with Crippen LogP contribution in [0.5, 0.6) is 0 Å². The van der Waals surface area contributed by atoms with Crippen LogP contribution >= 0.6 is 11.8 Å². The van der Waals surface area contributed by atoms with Gasteiger partial charge in [0.15, 0.2) is 6.10 Å². The number of nitrogens with zero attached hydrogens (tertiary/aromatic N) is 1. The van der Waals surface area contributed by atoms with Crippen LogP contribution in [-0.4, -0.2) is 64.3 Å². The summed E-state index contributed by atoms with van der Waals surface area (Å²) in [5.41, 5.74) is 2.89. The van der Waals surface area contributed by atoms with Gasteiger partial charge in [-0.2, -0.15) is 0 Å². The maximum atomic E-state index is 13.4. The first kappa shape index (κ1) is 30.2. The van der Waals surface area contributed by atoms with E-state index >= 15 is 0 Å². The molecule has 0 aromatic heterocycles. The molecule has 0 aliphatic carbocycles. The second kappa shape index (κ2) is 15.9. The van der Waals surface area contributed by atoms with E-state index in [-0.39, 0.29) is 36.6 Å². The Morgan fingerprint density at radius 3 is 2.38 bits per heavy atom. The molecular weight excluding hydrogens is 490 g/mol. The summed E-state index contributed by atoms with van der Waals surface area (Å²) in [4.78, 5) is 39.9. The highest BCUT2D eigenvalue weighted by Crippen LogP contribution is 2.15. The molecule has 2 aromatic carbocycles. The number of carbonyl (C=O) groups excluding carboxylic acids is 3. The minimum atomic E-state index is -1.56. The Balaban J connectivity index is 2.14. The molecule has 0 fully saturated rings. The second-order valence-electron chi connectivity index (χ2n) is 9.11. The number of ether oxygens (including phenoxy) is 1. The first-order valence-electron chi connectivity index (χ1n) is 12.6. The normalized spacial score (nSPS) is 12.5. The number of benzene rings is 2. The van der Waals surface area contributed by atoms with Crippen LogP contribution in [0, 0.1) is 6.92 Å². The standard InChI is InChI=1S/C28H39N3O5S/c1-5-15-36-28(35)30-24(16-22-12-7-6-8-13-22)26(33)27(34)31(19-37-20(2)3)18-25(32)29-17-23-14-10-9-11-21(23)4/h6-14,20,24,26,33H,5,15-19H2,1-4H3,(H,29,32)(H,30,35)/t24-,26-/m0/s1. The van der Waals surface area contributed by atoms with E-state index in [1.54, 1.807) is 0 Å². The zero-order valence-corrected chi connectivity index (χ0v) is 22.9. The van der Waals surface area contributed by atoms with Gasteiger partial charge in [-0.25, -0.2) is 4.79 Å². The Morgan fingerprint density at radius 2 is 1.73 bits per heavy atom. The van der Waals surface area contributed by atoms with E-state index in [1.165, 1.54) is 16.7 Å². The highest BCUT2D eigenvalue weighted by atomic mass is 32.2. The average molecular weight is 530 g/mol. The van der Waals surface area contributed by atoms with Crippen molar-refractivity contribution in [1.82, 2.24) is 15.5 Å².